The second-order valence-electron chi connectivity index (χ2n) is 25.6. The Bertz CT molecular complexity index is 2240. The fourth-order valence-corrected chi connectivity index (χ4v) is 10.5. The maximum absolute atomic E-state index is 12.9. The lowest BCUT2D eigenvalue weighted by Crippen LogP contribution is -2.37. The van der Waals surface area contributed by atoms with Crippen LogP contribution in [0.4, 0.5) is 0 Å². The van der Waals surface area contributed by atoms with Gasteiger partial charge in [-0.3, -0.25) is 18.6 Å². The first-order chi connectivity index (χ1) is 46.0. The Morgan fingerprint density at radius 2 is 0.574 bits per heavy atom. The highest BCUT2D eigenvalue weighted by molar-refractivity contribution is 7.47. The molecule has 94 heavy (non-hydrogen) atoms. The third kappa shape index (κ3) is 76.1. The molecule has 2 atom stereocenters. The molecule has 0 saturated carbocycles. The van der Waals surface area contributed by atoms with Crippen LogP contribution in [0, 0.1) is 0 Å². The lowest BCUT2D eigenvalue weighted by atomic mass is 10.0. The summed E-state index contributed by atoms with van der Waals surface area (Å²) < 4.78 is 34.8. The van der Waals surface area contributed by atoms with E-state index in [9.17, 15) is 19.0 Å². The van der Waals surface area contributed by atoms with Crippen molar-refractivity contribution in [2.75, 3.05) is 47.5 Å². The quantitative estimate of drug-likeness (QED) is 0.0211. The lowest BCUT2D eigenvalue weighted by molar-refractivity contribution is -0.870. The monoisotopic (exact) mass is 1320 g/mol. The highest BCUT2D eigenvalue weighted by Gasteiger charge is 2.27. The Balaban J connectivity index is 4.09. The number of likely N-dealkylation sites (N-methyl/N-ethyl adjacent to an activating group) is 1. The number of quaternary nitrogens is 1. The molecule has 532 valence electrons. The molecule has 0 fully saturated rings. The van der Waals surface area contributed by atoms with Crippen LogP contribution in [-0.4, -0.2) is 74.9 Å². The second-order valence-corrected chi connectivity index (χ2v) is 27.0. The number of phosphoric acid groups is 1. The van der Waals surface area contributed by atoms with Gasteiger partial charge in [0.15, 0.2) is 6.10 Å². The van der Waals surface area contributed by atoms with Crippen LogP contribution < -0.4 is 0 Å². The van der Waals surface area contributed by atoms with E-state index >= 15 is 0 Å². The van der Waals surface area contributed by atoms with Crippen molar-refractivity contribution in [3.8, 4) is 0 Å². The topological polar surface area (TPSA) is 108 Å². The van der Waals surface area contributed by atoms with Crippen LogP contribution in [0.2, 0.25) is 0 Å². The maximum atomic E-state index is 12.9. The zero-order valence-corrected chi connectivity index (χ0v) is 61.5. The number of hydrogen-bond donors (Lipinski definition) is 1. The van der Waals surface area contributed by atoms with Crippen LogP contribution in [0.25, 0.3) is 0 Å². The van der Waals surface area contributed by atoms with E-state index in [1.165, 1.54) is 109 Å². The first-order valence-corrected chi connectivity index (χ1v) is 39.0. The number of esters is 2. The highest BCUT2D eigenvalue weighted by atomic mass is 31.2. The molecule has 10 heteroatoms. The van der Waals surface area contributed by atoms with E-state index in [0.29, 0.717) is 17.4 Å². The highest BCUT2D eigenvalue weighted by Crippen LogP contribution is 2.43. The Labute approximate surface area is 578 Å². The number of ether oxygens (including phenoxy) is 2. The molecule has 0 aromatic heterocycles. The van der Waals surface area contributed by atoms with E-state index in [2.05, 4.69) is 196 Å². The van der Waals surface area contributed by atoms with Crippen molar-refractivity contribution in [2.45, 2.75) is 290 Å². The van der Waals surface area contributed by atoms with Gasteiger partial charge < -0.3 is 18.9 Å². The van der Waals surface area contributed by atoms with Crippen LogP contribution in [-0.2, 0) is 32.7 Å². The first kappa shape index (κ1) is 89.1. The fourth-order valence-electron chi connectivity index (χ4n) is 9.78. The van der Waals surface area contributed by atoms with E-state index in [0.717, 1.165) is 141 Å². The van der Waals surface area contributed by atoms with Gasteiger partial charge in [0.2, 0.25) is 0 Å². The fraction of sp³-hybridized carbons (Fsp3) is 0.619. The number of allylic oxidation sites excluding steroid dienone is 30. The van der Waals surface area contributed by atoms with Crippen LogP contribution in [0.15, 0.2) is 182 Å². The number of carbonyl (C=O) groups excluding carboxylic acids is 2. The normalized spacial score (nSPS) is 14.1. The number of phosphoric ester groups is 1. The van der Waals surface area contributed by atoms with Crippen LogP contribution >= 0.6 is 7.82 Å². The SMILES string of the molecule is CC/C=C\C/C=C\C/C=C\C/C=C\C/C=C\C/C=C\C/C=C\C/C=C\C/C=C\C/C=C\CCCCCCCCCCCCC(=O)OC(COC(=O)CCCCCCCCCCCCCCC/C=C\C/C=C\C/C=C\C/C=C\C/C=C\CC)COP(=O)(O)OCC[N+](C)(C)C. The van der Waals surface area contributed by atoms with Gasteiger partial charge in [-0.25, -0.2) is 4.57 Å². The predicted octanol–water partition coefficient (Wildman–Crippen LogP) is 25.0. The minimum Gasteiger partial charge on any atom is -0.462 e. The Morgan fingerprint density at radius 1 is 0.330 bits per heavy atom. The van der Waals surface area contributed by atoms with Gasteiger partial charge in [-0.2, -0.15) is 0 Å². The number of nitrogens with zero attached hydrogens (tertiary/aromatic N) is 1. The van der Waals surface area contributed by atoms with Gasteiger partial charge in [0.1, 0.15) is 19.8 Å². The number of hydrogen-bond acceptors (Lipinski definition) is 7. The Hall–Kier alpha value is -4.89. The van der Waals surface area contributed by atoms with Gasteiger partial charge >= 0.3 is 19.8 Å². The molecule has 0 spiro atoms. The van der Waals surface area contributed by atoms with Gasteiger partial charge in [-0.1, -0.05) is 318 Å². The van der Waals surface area contributed by atoms with Crippen molar-refractivity contribution >= 4 is 19.8 Å². The van der Waals surface area contributed by atoms with E-state index in [1.54, 1.807) is 0 Å². The van der Waals surface area contributed by atoms with Crippen LogP contribution in [0.3, 0.4) is 0 Å². The molecule has 0 rings (SSSR count). The van der Waals surface area contributed by atoms with Crippen molar-refractivity contribution < 1.29 is 42.1 Å². The van der Waals surface area contributed by atoms with Gasteiger partial charge in [-0.15, -0.1) is 0 Å². The largest absolute Gasteiger partial charge is 0.472 e. The van der Waals surface area contributed by atoms with Crippen LogP contribution in [0.5, 0.6) is 0 Å². The molecule has 0 bridgehead atoms. The Morgan fingerprint density at radius 3 is 0.851 bits per heavy atom. The molecule has 0 heterocycles. The molecule has 0 aliphatic rings. The summed E-state index contributed by atoms with van der Waals surface area (Å²) in [4.78, 5) is 35.9. The van der Waals surface area contributed by atoms with E-state index in [4.69, 9.17) is 18.5 Å². The molecule has 0 aromatic carbocycles. The van der Waals surface area contributed by atoms with Gasteiger partial charge in [-0.05, 0) is 135 Å². The van der Waals surface area contributed by atoms with Crippen molar-refractivity contribution in [2.24, 2.45) is 0 Å². The summed E-state index contributed by atoms with van der Waals surface area (Å²) in [6, 6.07) is 0. The van der Waals surface area contributed by atoms with Gasteiger partial charge in [0.05, 0.1) is 27.7 Å². The first-order valence-electron chi connectivity index (χ1n) is 37.5. The third-order valence-corrected chi connectivity index (χ3v) is 16.4. The van der Waals surface area contributed by atoms with Crippen LogP contribution in [0.1, 0.15) is 284 Å². The minimum atomic E-state index is -4.41. The average molecular weight is 1320 g/mol. The predicted molar refractivity (Wildman–Crippen MR) is 408 cm³/mol. The molecule has 0 radical (unpaired) electrons. The lowest BCUT2D eigenvalue weighted by Gasteiger charge is -2.24. The molecule has 0 aliphatic carbocycles. The van der Waals surface area contributed by atoms with Gasteiger partial charge in [0.25, 0.3) is 0 Å². The van der Waals surface area contributed by atoms with E-state index in [-0.39, 0.29) is 32.0 Å². The minimum absolute atomic E-state index is 0.0226. The Kier molecular flexibility index (Phi) is 68.6. The molecule has 2 unspecified atom stereocenters. The maximum Gasteiger partial charge on any atom is 0.472 e. The molecule has 1 N–H and O–H groups in total. The average Bonchev–Trinajstić information content (AvgIpc) is 1.57. The standard InChI is InChI=1S/C84H138NO8P/c1-6-8-10-12-14-16-18-20-22-24-26-28-30-32-34-36-37-38-39-40-41-42-43-44-45-46-47-49-51-53-55-57-59-61-63-65-67-69-71-73-75-77-84(87)93-82(81-92-94(88,89)91-79-78-85(3,4)5)80-90-83(86)76-74-72-70-68-66-64-62-60-58-56-54-52-50-48-35-33-31-29-27-25-23-21-19-17-15-13-11-9-7-2/h8-11,14-17,20-23,26-29,32-35,37-38,40-41,43-44,46-47,51,53,82H,6-7,12-13,18-19,24-25,30-31,36,39,42,45,48-50,52,54-81H2,1-5H3/p+1/b10-8-,11-9-,16-14-,17-15-,22-20-,23-21-,28-26-,29-27-,34-32-,35-33-,38-37-,41-40-,44-43-,47-46-,53-51-. The smallest absolute Gasteiger partial charge is 0.462 e. The molecule has 0 saturated heterocycles. The van der Waals surface area contributed by atoms with Crippen molar-refractivity contribution in [1.82, 2.24) is 0 Å². The molecule has 0 aliphatic heterocycles. The van der Waals surface area contributed by atoms with E-state index in [1.807, 2.05) is 21.1 Å². The number of unbranched alkanes of at least 4 members (excludes halogenated alkanes) is 23. The van der Waals surface area contributed by atoms with Crippen molar-refractivity contribution in [3.63, 3.8) is 0 Å². The molecule has 0 aromatic rings. The second kappa shape index (κ2) is 72.4. The number of rotatable bonds is 67. The summed E-state index contributed by atoms with van der Waals surface area (Å²) in [5.41, 5.74) is 0. The summed E-state index contributed by atoms with van der Waals surface area (Å²) >= 11 is 0. The summed E-state index contributed by atoms with van der Waals surface area (Å²) in [6.07, 6.45) is 111. The summed E-state index contributed by atoms with van der Waals surface area (Å²) in [6.45, 7) is 4.20. The summed E-state index contributed by atoms with van der Waals surface area (Å²) in [5.74, 6) is -0.809. The number of carbonyl (C=O) groups is 2. The summed E-state index contributed by atoms with van der Waals surface area (Å²) in [7, 11) is 1.46. The molecular weight excluding hydrogens is 1180 g/mol. The molecule has 0 amide bonds. The van der Waals surface area contributed by atoms with Gasteiger partial charge in [0, 0.05) is 12.8 Å². The van der Waals surface area contributed by atoms with Crippen molar-refractivity contribution in [3.05, 3.63) is 182 Å². The van der Waals surface area contributed by atoms with Crippen molar-refractivity contribution in [1.29, 1.82) is 0 Å². The van der Waals surface area contributed by atoms with E-state index < -0.39 is 26.5 Å². The molecule has 9 nitrogen and oxygen atoms in total. The molecular formula is C84H139NO8P+. The zero-order chi connectivity index (χ0) is 68.3. The third-order valence-electron chi connectivity index (χ3n) is 15.4. The zero-order valence-electron chi connectivity index (χ0n) is 60.6. The summed E-state index contributed by atoms with van der Waals surface area (Å²) in [5, 5.41) is 0.